The third-order valence-electron chi connectivity index (χ3n) is 4.34. The van der Waals surface area contributed by atoms with E-state index in [9.17, 15) is 9.90 Å². The van der Waals surface area contributed by atoms with Crippen molar-refractivity contribution in [2.75, 3.05) is 7.11 Å². The molecule has 4 nitrogen and oxygen atoms in total. The number of methoxy groups -OCH3 is 1. The highest BCUT2D eigenvalue weighted by Gasteiger charge is 2.48. The topological polar surface area (TPSA) is 51.5 Å². The summed E-state index contributed by atoms with van der Waals surface area (Å²) in [5.74, 6) is -0.0609. The molecular formula is C15H17NO3. The van der Waals surface area contributed by atoms with Crippen molar-refractivity contribution in [2.24, 2.45) is 7.05 Å². The second kappa shape index (κ2) is 4.02. The molecule has 3 rings (SSSR count). The Morgan fingerprint density at radius 1 is 1.37 bits per heavy atom. The Morgan fingerprint density at radius 3 is 2.63 bits per heavy atom. The van der Waals surface area contributed by atoms with Crippen LogP contribution in [0.15, 0.2) is 24.4 Å². The Bertz CT molecular complexity index is 653. The molecule has 0 spiro atoms. The molecule has 1 saturated carbocycles. The van der Waals surface area contributed by atoms with Gasteiger partial charge in [0.25, 0.3) is 0 Å². The van der Waals surface area contributed by atoms with E-state index in [0.717, 1.165) is 22.9 Å². The highest BCUT2D eigenvalue weighted by molar-refractivity contribution is 5.95. The van der Waals surface area contributed by atoms with Crippen molar-refractivity contribution in [3.05, 3.63) is 30.0 Å². The van der Waals surface area contributed by atoms with Crippen LogP contribution < -0.4 is 4.74 Å². The number of carboxylic acids is 1. The number of benzene rings is 1. The largest absolute Gasteiger partial charge is 0.496 e. The summed E-state index contributed by atoms with van der Waals surface area (Å²) in [4.78, 5) is 11.8. The Hall–Kier alpha value is -1.97. The van der Waals surface area contributed by atoms with Crippen LogP contribution in [0.1, 0.15) is 24.8 Å². The molecule has 0 unspecified atom stereocenters. The van der Waals surface area contributed by atoms with Crippen molar-refractivity contribution in [2.45, 2.75) is 24.7 Å². The van der Waals surface area contributed by atoms with Crippen molar-refractivity contribution in [1.82, 2.24) is 4.57 Å². The van der Waals surface area contributed by atoms with Crippen LogP contribution in [0.4, 0.5) is 0 Å². The van der Waals surface area contributed by atoms with Crippen LogP contribution in [0.3, 0.4) is 0 Å². The molecule has 19 heavy (non-hydrogen) atoms. The molecule has 0 radical (unpaired) electrons. The number of aromatic nitrogens is 1. The van der Waals surface area contributed by atoms with E-state index in [2.05, 4.69) is 0 Å². The molecule has 0 aliphatic heterocycles. The summed E-state index contributed by atoms with van der Waals surface area (Å²) in [6.07, 6.45) is 4.29. The van der Waals surface area contributed by atoms with E-state index in [-0.39, 0.29) is 0 Å². The summed E-state index contributed by atoms with van der Waals surface area (Å²) in [7, 11) is 3.56. The lowest BCUT2D eigenvalue weighted by Gasteiger charge is -2.39. The first-order valence-electron chi connectivity index (χ1n) is 6.46. The van der Waals surface area contributed by atoms with Gasteiger partial charge in [-0.1, -0.05) is 6.42 Å². The second-order valence-corrected chi connectivity index (χ2v) is 5.24. The Labute approximate surface area is 111 Å². The molecule has 1 aliphatic carbocycles. The van der Waals surface area contributed by atoms with E-state index in [4.69, 9.17) is 4.74 Å². The normalized spacial score (nSPS) is 17.2. The second-order valence-electron chi connectivity index (χ2n) is 5.24. The highest BCUT2D eigenvalue weighted by atomic mass is 16.5. The standard InChI is InChI=1S/C15H17NO3/c1-16-9-6-10-11(16)4-5-12(19-2)13(10)15(14(17)18)7-3-8-15/h4-6,9H,3,7-8H2,1-2H3,(H,17,18). The minimum Gasteiger partial charge on any atom is -0.496 e. The first kappa shape index (κ1) is 12.1. The minimum absolute atomic E-state index is 0.681. The van der Waals surface area contributed by atoms with Gasteiger partial charge in [-0.25, -0.2) is 0 Å². The molecule has 1 N–H and O–H groups in total. The van der Waals surface area contributed by atoms with Gasteiger partial charge in [0.15, 0.2) is 0 Å². The van der Waals surface area contributed by atoms with Gasteiger partial charge in [0, 0.05) is 29.7 Å². The molecule has 1 aromatic heterocycles. The predicted octanol–water partition coefficient (Wildman–Crippen LogP) is 2.69. The Morgan fingerprint density at radius 2 is 2.11 bits per heavy atom. The van der Waals surface area contributed by atoms with Crippen molar-refractivity contribution in [3.8, 4) is 5.75 Å². The molecule has 2 aromatic rings. The maximum absolute atomic E-state index is 11.8. The lowest BCUT2D eigenvalue weighted by molar-refractivity contribution is -0.147. The zero-order valence-corrected chi connectivity index (χ0v) is 11.1. The van der Waals surface area contributed by atoms with Gasteiger partial charge in [-0.3, -0.25) is 4.79 Å². The van der Waals surface area contributed by atoms with Gasteiger partial charge in [0.2, 0.25) is 0 Å². The number of aryl methyl sites for hydroxylation is 1. The fourth-order valence-corrected chi connectivity index (χ4v) is 3.10. The van der Waals surface area contributed by atoms with Gasteiger partial charge in [-0.15, -0.1) is 0 Å². The molecule has 0 bridgehead atoms. The molecule has 1 heterocycles. The van der Waals surface area contributed by atoms with Crippen LogP contribution in [-0.4, -0.2) is 22.8 Å². The number of carbonyl (C=O) groups is 1. The van der Waals surface area contributed by atoms with Gasteiger partial charge >= 0.3 is 5.97 Å². The molecule has 4 heteroatoms. The molecule has 0 atom stereocenters. The maximum Gasteiger partial charge on any atom is 0.314 e. The van der Waals surface area contributed by atoms with E-state index in [0.29, 0.717) is 18.6 Å². The summed E-state index contributed by atoms with van der Waals surface area (Å²) in [6, 6.07) is 5.84. The van der Waals surface area contributed by atoms with Gasteiger partial charge in [-0.05, 0) is 31.0 Å². The van der Waals surface area contributed by atoms with Crippen molar-refractivity contribution < 1.29 is 14.6 Å². The van der Waals surface area contributed by atoms with Crippen molar-refractivity contribution >= 4 is 16.9 Å². The summed E-state index contributed by atoms with van der Waals surface area (Å²) in [5.41, 5.74) is 1.11. The van der Waals surface area contributed by atoms with E-state index in [1.807, 2.05) is 36.0 Å². The average Bonchev–Trinajstić information content (AvgIpc) is 2.70. The first-order chi connectivity index (χ1) is 9.10. The first-order valence-corrected chi connectivity index (χ1v) is 6.46. The summed E-state index contributed by atoms with van der Waals surface area (Å²) in [6.45, 7) is 0. The van der Waals surface area contributed by atoms with Gasteiger partial charge in [0.1, 0.15) is 5.75 Å². The molecule has 0 amide bonds. The molecule has 1 fully saturated rings. The number of hydrogen-bond donors (Lipinski definition) is 1. The number of rotatable bonds is 3. The SMILES string of the molecule is COc1ccc2c(ccn2C)c1C1(C(=O)O)CCC1. The zero-order valence-electron chi connectivity index (χ0n) is 11.1. The quantitative estimate of drug-likeness (QED) is 0.922. The Kier molecular flexibility index (Phi) is 2.55. The minimum atomic E-state index is -0.772. The fourth-order valence-electron chi connectivity index (χ4n) is 3.10. The van der Waals surface area contributed by atoms with E-state index < -0.39 is 11.4 Å². The number of ether oxygens (including phenoxy) is 1. The number of hydrogen-bond acceptors (Lipinski definition) is 2. The van der Waals surface area contributed by atoms with E-state index in [1.54, 1.807) is 7.11 Å². The zero-order chi connectivity index (χ0) is 13.6. The molecule has 1 aliphatic rings. The number of aliphatic carboxylic acids is 1. The van der Waals surface area contributed by atoms with Crippen LogP contribution in [0.25, 0.3) is 10.9 Å². The number of fused-ring (bicyclic) bond motifs is 1. The van der Waals surface area contributed by atoms with Gasteiger partial charge in [0.05, 0.1) is 12.5 Å². The lowest BCUT2D eigenvalue weighted by atomic mass is 9.63. The third-order valence-corrected chi connectivity index (χ3v) is 4.34. The number of carboxylic acid groups (broad SMARTS) is 1. The van der Waals surface area contributed by atoms with Crippen LogP contribution in [-0.2, 0) is 17.3 Å². The number of nitrogens with zero attached hydrogens (tertiary/aromatic N) is 1. The predicted molar refractivity (Wildman–Crippen MR) is 72.6 cm³/mol. The van der Waals surface area contributed by atoms with Crippen LogP contribution in [0.5, 0.6) is 5.75 Å². The van der Waals surface area contributed by atoms with Crippen LogP contribution >= 0.6 is 0 Å². The van der Waals surface area contributed by atoms with E-state index in [1.165, 1.54) is 0 Å². The van der Waals surface area contributed by atoms with Crippen LogP contribution in [0.2, 0.25) is 0 Å². The maximum atomic E-state index is 11.8. The summed E-state index contributed by atoms with van der Waals surface area (Å²) < 4.78 is 7.43. The highest BCUT2D eigenvalue weighted by Crippen LogP contribution is 2.50. The van der Waals surface area contributed by atoms with E-state index >= 15 is 0 Å². The lowest BCUT2D eigenvalue weighted by Crippen LogP contribution is -2.42. The van der Waals surface area contributed by atoms with Gasteiger partial charge < -0.3 is 14.4 Å². The fraction of sp³-hybridized carbons (Fsp3) is 0.400. The smallest absolute Gasteiger partial charge is 0.314 e. The summed E-state index contributed by atoms with van der Waals surface area (Å²) >= 11 is 0. The third kappa shape index (κ3) is 1.49. The van der Waals surface area contributed by atoms with Crippen molar-refractivity contribution in [1.29, 1.82) is 0 Å². The Balaban J connectivity index is 2.34. The molecule has 100 valence electrons. The molecule has 0 saturated heterocycles. The molecule has 1 aromatic carbocycles. The monoisotopic (exact) mass is 259 g/mol. The average molecular weight is 259 g/mol. The van der Waals surface area contributed by atoms with Gasteiger partial charge in [-0.2, -0.15) is 0 Å². The van der Waals surface area contributed by atoms with Crippen LogP contribution in [0, 0.1) is 0 Å². The van der Waals surface area contributed by atoms with Crippen molar-refractivity contribution in [3.63, 3.8) is 0 Å². The molecular weight excluding hydrogens is 242 g/mol. The summed E-state index contributed by atoms with van der Waals surface area (Å²) in [5, 5.41) is 10.7.